The van der Waals surface area contributed by atoms with E-state index in [1.54, 1.807) is 6.08 Å². The monoisotopic (exact) mass is 391 g/mol. The summed E-state index contributed by atoms with van der Waals surface area (Å²) in [7, 11) is 0. The molecule has 0 saturated heterocycles. The molecule has 1 aromatic heterocycles. The van der Waals surface area contributed by atoms with Gasteiger partial charge in [0.25, 0.3) is 5.91 Å². The van der Waals surface area contributed by atoms with Crippen LogP contribution in [0.15, 0.2) is 84.4 Å². The molecule has 0 aliphatic carbocycles. The minimum atomic E-state index is -0.419. The molecule has 1 N–H and O–H groups in total. The van der Waals surface area contributed by atoms with Gasteiger partial charge in [0, 0.05) is 22.8 Å². The molecule has 4 nitrogen and oxygen atoms in total. The quantitative estimate of drug-likeness (QED) is 0.353. The number of benzene rings is 3. The molecule has 0 aliphatic heterocycles. The zero-order chi connectivity index (χ0) is 21.1. The van der Waals surface area contributed by atoms with Gasteiger partial charge in [-0.25, -0.2) is 0 Å². The van der Waals surface area contributed by atoms with E-state index in [9.17, 15) is 10.1 Å². The van der Waals surface area contributed by atoms with Crippen LogP contribution in [0.4, 0.5) is 5.69 Å². The zero-order valence-corrected chi connectivity index (χ0v) is 16.9. The maximum absolute atomic E-state index is 12.7. The lowest BCUT2D eigenvalue weighted by atomic mass is 10.1. The van der Waals surface area contributed by atoms with E-state index in [2.05, 4.69) is 9.88 Å². The molecule has 3 aromatic carbocycles. The number of hydrogen-bond acceptors (Lipinski definition) is 2. The van der Waals surface area contributed by atoms with Crippen LogP contribution in [-0.2, 0) is 4.79 Å². The van der Waals surface area contributed by atoms with Crippen molar-refractivity contribution in [1.29, 1.82) is 5.26 Å². The molecule has 0 radical (unpaired) electrons. The Hall–Kier alpha value is -4.10. The molecule has 30 heavy (non-hydrogen) atoms. The second kappa shape index (κ2) is 8.10. The first-order valence-corrected chi connectivity index (χ1v) is 9.73. The topological polar surface area (TPSA) is 57.8 Å². The van der Waals surface area contributed by atoms with Crippen molar-refractivity contribution in [3.05, 3.63) is 101 Å². The van der Waals surface area contributed by atoms with Crippen molar-refractivity contribution in [3.8, 4) is 11.8 Å². The summed E-state index contributed by atoms with van der Waals surface area (Å²) in [4.78, 5) is 12.7. The summed E-state index contributed by atoms with van der Waals surface area (Å²) in [6, 6.07) is 27.7. The molecule has 0 fully saturated rings. The van der Waals surface area contributed by atoms with Crippen LogP contribution in [0.25, 0.3) is 22.5 Å². The summed E-state index contributed by atoms with van der Waals surface area (Å²) in [5, 5.41) is 14.6. The second-order valence-corrected chi connectivity index (χ2v) is 7.18. The van der Waals surface area contributed by atoms with Crippen molar-refractivity contribution < 1.29 is 4.79 Å². The van der Waals surface area contributed by atoms with Crippen LogP contribution in [0.5, 0.6) is 0 Å². The average molecular weight is 391 g/mol. The van der Waals surface area contributed by atoms with Gasteiger partial charge >= 0.3 is 0 Å². The van der Waals surface area contributed by atoms with E-state index < -0.39 is 5.91 Å². The third-order valence-corrected chi connectivity index (χ3v) is 5.16. The molecule has 0 bridgehead atoms. The highest BCUT2D eigenvalue weighted by atomic mass is 16.1. The van der Waals surface area contributed by atoms with Gasteiger partial charge in [0.2, 0.25) is 0 Å². The van der Waals surface area contributed by atoms with E-state index in [4.69, 9.17) is 0 Å². The van der Waals surface area contributed by atoms with Crippen molar-refractivity contribution in [2.45, 2.75) is 13.8 Å². The van der Waals surface area contributed by atoms with Gasteiger partial charge in [-0.05, 0) is 66.6 Å². The van der Waals surface area contributed by atoms with Crippen molar-refractivity contribution >= 4 is 28.4 Å². The maximum atomic E-state index is 12.7. The van der Waals surface area contributed by atoms with Crippen LogP contribution >= 0.6 is 0 Å². The number of nitrogens with zero attached hydrogens (tertiary/aromatic N) is 2. The van der Waals surface area contributed by atoms with E-state index >= 15 is 0 Å². The summed E-state index contributed by atoms with van der Waals surface area (Å²) in [5.41, 5.74) is 4.64. The Balaban J connectivity index is 1.63. The Morgan fingerprint density at radius 1 is 0.933 bits per heavy atom. The highest BCUT2D eigenvalue weighted by Gasteiger charge is 2.14. The smallest absolute Gasteiger partial charge is 0.266 e. The molecular formula is C26H21N3O. The Labute approximate surface area is 175 Å². The zero-order valence-electron chi connectivity index (χ0n) is 16.9. The summed E-state index contributed by atoms with van der Waals surface area (Å²) in [6.45, 7) is 4.00. The molecule has 1 heterocycles. The third-order valence-electron chi connectivity index (χ3n) is 5.16. The number of aryl methyl sites for hydroxylation is 1. The number of hydrogen-bond donors (Lipinski definition) is 1. The third kappa shape index (κ3) is 3.74. The number of fused-ring (bicyclic) bond motifs is 1. The van der Waals surface area contributed by atoms with Gasteiger partial charge < -0.3 is 9.88 Å². The lowest BCUT2D eigenvalue weighted by Crippen LogP contribution is -2.13. The number of nitriles is 1. The van der Waals surface area contributed by atoms with Crippen LogP contribution in [0.2, 0.25) is 0 Å². The normalized spacial score (nSPS) is 11.3. The van der Waals surface area contributed by atoms with Gasteiger partial charge in [-0.2, -0.15) is 5.26 Å². The summed E-state index contributed by atoms with van der Waals surface area (Å²) >= 11 is 0. The molecule has 0 spiro atoms. The van der Waals surface area contributed by atoms with Crippen LogP contribution in [0, 0.1) is 25.2 Å². The summed E-state index contributed by atoms with van der Waals surface area (Å²) in [5.74, 6) is -0.419. The fourth-order valence-corrected chi connectivity index (χ4v) is 3.68. The largest absolute Gasteiger partial charge is 0.321 e. The van der Waals surface area contributed by atoms with Crippen LogP contribution in [0.1, 0.15) is 17.0 Å². The van der Waals surface area contributed by atoms with Gasteiger partial charge in [-0.15, -0.1) is 0 Å². The Bertz CT molecular complexity index is 1310. The van der Waals surface area contributed by atoms with Crippen molar-refractivity contribution in [2.75, 3.05) is 5.32 Å². The summed E-state index contributed by atoms with van der Waals surface area (Å²) in [6.07, 6.45) is 1.65. The van der Waals surface area contributed by atoms with E-state index in [1.807, 2.05) is 98.8 Å². The molecule has 0 aliphatic rings. The minimum Gasteiger partial charge on any atom is -0.321 e. The lowest BCUT2D eigenvalue weighted by molar-refractivity contribution is -0.112. The number of nitrogens with one attached hydrogen (secondary N) is 1. The number of anilines is 1. The minimum absolute atomic E-state index is 0.0662. The van der Waals surface area contributed by atoms with Gasteiger partial charge in [-0.1, -0.05) is 48.5 Å². The average Bonchev–Trinajstić information content (AvgIpc) is 3.05. The number of carbonyl (C=O) groups is 1. The van der Waals surface area contributed by atoms with Gasteiger partial charge in [0.15, 0.2) is 0 Å². The first kappa shape index (κ1) is 19.2. The van der Waals surface area contributed by atoms with Crippen LogP contribution in [-0.4, -0.2) is 10.5 Å². The standard InChI is InChI=1S/C26H21N3O/c1-18-14-22(19(2)29(18)25-10-4-3-5-11-25)15-23(17-27)26(30)28-24-13-12-20-8-6-7-9-21(20)16-24/h3-16H,1-2H3,(H,28,30). The second-order valence-electron chi connectivity index (χ2n) is 7.18. The van der Waals surface area contributed by atoms with E-state index in [-0.39, 0.29) is 5.57 Å². The molecule has 4 heteroatoms. The molecule has 0 unspecified atom stereocenters. The highest BCUT2D eigenvalue weighted by molar-refractivity contribution is 6.10. The number of carbonyl (C=O) groups excluding carboxylic acids is 1. The molecule has 146 valence electrons. The summed E-state index contributed by atoms with van der Waals surface area (Å²) < 4.78 is 2.11. The lowest BCUT2D eigenvalue weighted by Gasteiger charge is -2.09. The predicted molar refractivity (Wildman–Crippen MR) is 121 cm³/mol. The number of rotatable bonds is 4. The van der Waals surface area contributed by atoms with Gasteiger partial charge in [-0.3, -0.25) is 4.79 Å². The fraction of sp³-hybridized carbons (Fsp3) is 0.0769. The Morgan fingerprint density at radius 3 is 2.37 bits per heavy atom. The molecule has 4 aromatic rings. The van der Waals surface area contributed by atoms with Crippen LogP contribution in [0.3, 0.4) is 0 Å². The number of amides is 1. The first-order chi connectivity index (χ1) is 14.6. The van der Waals surface area contributed by atoms with E-state index in [0.717, 1.165) is 33.4 Å². The predicted octanol–water partition coefficient (Wildman–Crippen LogP) is 5.79. The molecular weight excluding hydrogens is 370 g/mol. The molecule has 4 rings (SSSR count). The maximum Gasteiger partial charge on any atom is 0.266 e. The number of para-hydroxylation sites is 1. The van der Waals surface area contributed by atoms with Crippen molar-refractivity contribution in [1.82, 2.24) is 4.57 Å². The Morgan fingerprint density at radius 2 is 1.63 bits per heavy atom. The Kier molecular flexibility index (Phi) is 5.19. The number of aromatic nitrogens is 1. The van der Waals surface area contributed by atoms with Gasteiger partial charge in [0.1, 0.15) is 11.6 Å². The molecule has 1 amide bonds. The fourth-order valence-electron chi connectivity index (χ4n) is 3.68. The molecule has 0 saturated carbocycles. The van der Waals surface area contributed by atoms with E-state index in [1.165, 1.54) is 0 Å². The highest BCUT2D eigenvalue weighted by Crippen LogP contribution is 2.24. The van der Waals surface area contributed by atoms with Crippen molar-refractivity contribution in [3.63, 3.8) is 0 Å². The first-order valence-electron chi connectivity index (χ1n) is 9.73. The van der Waals surface area contributed by atoms with Crippen LogP contribution < -0.4 is 5.32 Å². The SMILES string of the molecule is Cc1cc(C=C(C#N)C(=O)Nc2ccc3ccccc3c2)c(C)n1-c1ccccc1. The molecule has 0 atom stereocenters. The van der Waals surface area contributed by atoms with Crippen molar-refractivity contribution in [2.24, 2.45) is 0 Å². The van der Waals surface area contributed by atoms with E-state index in [0.29, 0.717) is 5.69 Å². The van der Waals surface area contributed by atoms with Gasteiger partial charge in [0.05, 0.1) is 0 Å².